The Morgan fingerprint density at radius 2 is 1.73 bits per heavy atom. The number of thioether (sulfide) groups is 1. The van der Waals surface area contributed by atoms with E-state index in [-0.39, 0.29) is 41.8 Å². The molecule has 0 aromatic heterocycles. The fourth-order valence-corrected chi connectivity index (χ4v) is 7.67. The maximum absolute atomic E-state index is 12.9. The number of rotatable bonds is 17. The normalized spacial score (nSPS) is 24.0. The van der Waals surface area contributed by atoms with E-state index >= 15 is 0 Å². The first-order valence-corrected chi connectivity index (χ1v) is 16.8. The summed E-state index contributed by atoms with van der Waals surface area (Å²) in [4.78, 5) is 60.9. The van der Waals surface area contributed by atoms with Crippen LogP contribution in [0, 0.1) is 11.8 Å². The van der Waals surface area contributed by atoms with Gasteiger partial charge in [-0.2, -0.15) is 11.8 Å². The minimum atomic E-state index is -0.669. The summed E-state index contributed by atoms with van der Waals surface area (Å²) in [5.41, 5.74) is 0. The second-order valence-corrected chi connectivity index (χ2v) is 13.6. The molecule has 3 aliphatic rings. The Bertz CT molecular complexity index is 879. The fraction of sp³-hybridized carbons (Fsp3) is 0.833. The molecule has 232 valence electrons. The molecule has 0 unspecified atom stereocenters. The molecule has 5 amide bonds. The summed E-state index contributed by atoms with van der Waals surface area (Å²) in [6, 6.07) is -0.934. The standard InChI is InChI=1S/C30H51N5O5S/c1-20(2)27(34-26(38)17-21-11-5-3-4-6-12-21)29(39)32-22(18-36)13-9-10-16-31-25(37)15-8-7-14-24-28-23(19-41-24)33-30(40)35-28/h18,20-24,27-28H,3-17,19H2,1-2H3,(H,31,37)(H,32,39)(H,34,38)(H2,33,35,40)/t22-,23-,24-,27-,28-/m0/s1. The molecule has 0 aromatic rings. The minimum absolute atomic E-state index is 0.0254. The van der Waals surface area contributed by atoms with Crippen LogP contribution in [0.4, 0.5) is 4.79 Å². The molecule has 0 aromatic carbocycles. The maximum atomic E-state index is 12.9. The lowest BCUT2D eigenvalue weighted by molar-refractivity contribution is -0.131. The molecule has 2 saturated heterocycles. The van der Waals surface area contributed by atoms with E-state index < -0.39 is 12.1 Å². The van der Waals surface area contributed by atoms with Crippen LogP contribution < -0.4 is 26.6 Å². The molecule has 11 heteroatoms. The molecular formula is C30H51N5O5S. The summed E-state index contributed by atoms with van der Waals surface area (Å²) in [7, 11) is 0. The summed E-state index contributed by atoms with van der Waals surface area (Å²) in [6.07, 6.45) is 13.3. The second-order valence-electron chi connectivity index (χ2n) is 12.3. The summed E-state index contributed by atoms with van der Waals surface area (Å²) in [5.74, 6) is 0.851. The Kier molecular flexibility index (Phi) is 14.3. The number of unbranched alkanes of at least 4 members (excludes halogenated alkanes) is 2. The molecule has 5 N–H and O–H groups in total. The lowest BCUT2D eigenvalue weighted by Crippen LogP contribution is -2.52. The number of hydrogen-bond donors (Lipinski definition) is 5. The number of nitrogens with one attached hydrogen (secondary N) is 5. The van der Waals surface area contributed by atoms with Gasteiger partial charge < -0.3 is 31.4 Å². The number of fused-ring (bicyclic) bond motifs is 1. The lowest BCUT2D eigenvalue weighted by atomic mass is 9.95. The SMILES string of the molecule is CC(C)[C@H](NC(=O)CC1CCCCCC1)C(=O)N[C@H](C=O)CCCCNC(=O)CCCC[C@@H]1SC[C@@H]2NC(=O)N[C@@H]21. The van der Waals surface area contributed by atoms with Crippen LogP contribution in [0.3, 0.4) is 0 Å². The smallest absolute Gasteiger partial charge is 0.315 e. The van der Waals surface area contributed by atoms with E-state index in [9.17, 15) is 24.0 Å². The zero-order valence-electron chi connectivity index (χ0n) is 24.9. The van der Waals surface area contributed by atoms with Crippen LogP contribution in [0.2, 0.25) is 0 Å². The van der Waals surface area contributed by atoms with Crippen molar-refractivity contribution in [2.45, 2.75) is 133 Å². The van der Waals surface area contributed by atoms with E-state index in [1.165, 1.54) is 12.8 Å². The van der Waals surface area contributed by atoms with Crippen molar-refractivity contribution in [1.82, 2.24) is 26.6 Å². The first-order chi connectivity index (χ1) is 19.8. The molecule has 2 heterocycles. The average Bonchev–Trinajstić information content (AvgIpc) is 3.37. The Morgan fingerprint density at radius 3 is 2.44 bits per heavy atom. The third kappa shape index (κ3) is 11.5. The van der Waals surface area contributed by atoms with Crippen LogP contribution >= 0.6 is 11.8 Å². The van der Waals surface area contributed by atoms with Gasteiger partial charge in [-0.25, -0.2) is 4.79 Å². The van der Waals surface area contributed by atoms with E-state index in [1.54, 1.807) is 0 Å². The highest BCUT2D eigenvalue weighted by atomic mass is 32.2. The molecule has 2 aliphatic heterocycles. The quantitative estimate of drug-likeness (QED) is 0.0758. The van der Waals surface area contributed by atoms with Gasteiger partial charge in [0, 0.05) is 30.4 Å². The Labute approximate surface area is 249 Å². The van der Waals surface area contributed by atoms with Crippen molar-refractivity contribution in [2.24, 2.45) is 11.8 Å². The molecule has 1 aliphatic carbocycles. The summed E-state index contributed by atoms with van der Waals surface area (Å²) in [5, 5.41) is 15.0. The number of urea groups is 1. The number of amides is 5. The average molecular weight is 594 g/mol. The zero-order valence-corrected chi connectivity index (χ0v) is 25.7. The lowest BCUT2D eigenvalue weighted by Gasteiger charge is -2.24. The van der Waals surface area contributed by atoms with Crippen molar-refractivity contribution in [1.29, 1.82) is 0 Å². The Balaban J connectivity index is 1.25. The monoisotopic (exact) mass is 593 g/mol. The van der Waals surface area contributed by atoms with Gasteiger partial charge in [-0.15, -0.1) is 0 Å². The van der Waals surface area contributed by atoms with Crippen molar-refractivity contribution >= 4 is 41.8 Å². The van der Waals surface area contributed by atoms with E-state index in [0.29, 0.717) is 49.8 Å². The first-order valence-electron chi connectivity index (χ1n) is 15.8. The highest BCUT2D eigenvalue weighted by Crippen LogP contribution is 2.33. The van der Waals surface area contributed by atoms with Crippen molar-refractivity contribution < 1.29 is 24.0 Å². The number of aldehydes is 1. The van der Waals surface area contributed by atoms with Gasteiger partial charge in [0.25, 0.3) is 0 Å². The molecule has 10 nitrogen and oxygen atoms in total. The van der Waals surface area contributed by atoms with Crippen LogP contribution in [-0.4, -0.2) is 71.8 Å². The largest absolute Gasteiger partial charge is 0.356 e. The van der Waals surface area contributed by atoms with Crippen LogP contribution in [-0.2, 0) is 19.2 Å². The van der Waals surface area contributed by atoms with Crippen molar-refractivity contribution in [2.75, 3.05) is 12.3 Å². The van der Waals surface area contributed by atoms with Gasteiger partial charge in [-0.05, 0) is 56.8 Å². The predicted octanol–water partition coefficient (Wildman–Crippen LogP) is 3.18. The number of hydrogen-bond acceptors (Lipinski definition) is 6. The molecule has 3 rings (SSSR count). The Hall–Kier alpha value is -2.30. The van der Waals surface area contributed by atoms with E-state index in [0.717, 1.165) is 57.0 Å². The molecule has 0 spiro atoms. The van der Waals surface area contributed by atoms with Gasteiger partial charge in [0.15, 0.2) is 0 Å². The first kappa shape index (κ1) is 33.2. The van der Waals surface area contributed by atoms with E-state index in [1.807, 2.05) is 25.6 Å². The molecule has 0 radical (unpaired) electrons. The van der Waals surface area contributed by atoms with Crippen LogP contribution in [0.25, 0.3) is 0 Å². The van der Waals surface area contributed by atoms with Crippen molar-refractivity contribution in [3.05, 3.63) is 0 Å². The highest BCUT2D eigenvalue weighted by molar-refractivity contribution is 8.00. The highest BCUT2D eigenvalue weighted by Gasteiger charge is 2.42. The third-order valence-electron chi connectivity index (χ3n) is 8.55. The minimum Gasteiger partial charge on any atom is -0.356 e. The molecular weight excluding hydrogens is 542 g/mol. The summed E-state index contributed by atoms with van der Waals surface area (Å²) in [6.45, 7) is 4.32. The van der Waals surface area contributed by atoms with Gasteiger partial charge in [0.2, 0.25) is 17.7 Å². The summed E-state index contributed by atoms with van der Waals surface area (Å²) >= 11 is 1.89. The molecule has 3 fully saturated rings. The van der Waals surface area contributed by atoms with Gasteiger partial charge >= 0.3 is 6.03 Å². The Morgan fingerprint density at radius 1 is 0.976 bits per heavy atom. The van der Waals surface area contributed by atoms with Crippen LogP contribution in [0.5, 0.6) is 0 Å². The van der Waals surface area contributed by atoms with Crippen LogP contribution in [0.1, 0.15) is 104 Å². The van der Waals surface area contributed by atoms with E-state index in [4.69, 9.17) is 0 Å². The van der Waals surface area contributed by atoms with Gasteiger partial charge in [0.05, 0.1) is 18.1 Å². The molecule has 41 heavy (non-hydrogen) atoms. The second kappa shape index (κ2) is 17.6. The van der Waals surface area contributed by atoms with Crippen LogP contribution in [0.15, 0.2) is 0 Å². The molecule has 0 bridgehead atoms. The zero-order chi connectivity index (χ0) is 29.6. The molecule has 5 atom stereocenters. The van der Waals surface area contributed by atoms with Gasteiger partial charge in [0.1, 0.15) is 12.3 Å². The van der Waals surface area contributed by atoms with Gasteiger partial charge in [-0.1, -0.05) is 46.0 Å². The van der Waals surface area contributed by atoms with Crippen molar-refractivity contribution in [3.63, 3.8) is 0 Å². The summed E-state index contributed by atoms with van der Waals surface area (Å²) < 4.78 is 0. The topological polar surface area (TPSA) is 146 Å². The maximum Gasteiger partial charge on any atom is 0.315 e. The number of carbonyl (C=O) groups excluding carboxylic acids is 5. The third-order valence-corrected chi connectivity index (χ3v) is 10.1. The molecule has 1 saturated carbocycles. The fourth-order valence-electron chi connectivity index (χ4n) is 6.12. The van der Waals surface area contributed by atoms with Gasteiger partial charge in [-0.3, -0.25) is 14.4 Å². The van der Waals surface area contributed by atoms with Crippen molar-refractivity contribution in [3.8, 4) is 0 Å². The predicted molar refractivity (Wildman–Crippen MR) is 161 cm³/mol. The van der Waals surface area contributed by atoms with E-state index in [2.05, 4.69) is 26.6 Å². The number of carbonyl (C=O) groups is 5.